The predicted octanol–water partition coefficient (Wildman–Crippen LogP) is 2.95. The van der Waals surface area contributed by atoms with E-state index in [9.17, 15) is 18.0 Å². The van der Waals surface area contributed by atoms with Crippen molar-refractivity contribution in [1.29, 1.82) is 0 Å². The molecule has 1 aliphatic carbocycles. The molecule has 6 rings (SSSR count). The molecular formula is C28H34F3N5O2. The van der Waals surface area contributed by atoms with E-state index in [0.29, 0.717) is 30.1 Å². The highest BCUT2D eigenvalue weighted by atomic mass is 19.1. The minimum absolute atomic E-state index is 0.0587. The molecule has 10 heteroatoms. The van der Waals surface area contributed by atoms with Gasteiger partial charge in [0.2, 0.25) is 11.9 Å². The average molecular weight is 530 g/mol. The van der Waals surface area contributed by atoms with Crippen LogP contribution in [-0.2, 0) is 11.4 Å². The fourth-order valence-electron chi connectivity index (χ4n) is 6.39. The van der Waals surface area contributed by atoms with Gasteiger partial charge in [0, 0.05) is 79.7 Å². The highest BCUT2D eigenvalue weighted by Crippen LogP contribution is 2.46. The van der Waals surface area contributed by atoms with Crippen molar-refractivity contribution in [3.63, 3.8) is 0 Å². The zero-order valence-corrected chi connectivity index (χ0v) is 21.3. The van der Waals surface area contributed by atoms with Gasteiger partial charge in [0.25, 0.3) is 0 Å². The van der Waals surface area contributed by atoms with E-state index in [-0.39, 0.29) is 42.3 Å². The van der Waals surface area contributed by atoms with Crippen molar-refractivity contribution in [2.75, 3.05) is 32.7 Å². The minimum atomic E-state index is -0.827. The monoisotopic (exact) mass is 529 g/mol. The number of rotatable bonds is 8. The molecule has 1 aromatic heterocycles. The summed E-state index contributed by atoms with van der Waals surface area (Å²) in [6.45, 7) is 3.72. The molecule has 204 valence electrons. The summed E-state index contributed by atoms with van der Waals surface area (Å²) in [5, 5.41) is 6.95. The molecular weight excluding hydrogens is 495 g/mol. The number of aromatic nitrogens is 1. The number of hydrogen-bond acceptors (Lipinski definition) is 6. The second-order valence-corrected chi connectivity index (χ2v) is 11.1. The molecule has 1 amide bonds. The fourth-order valence-corrected chi connectivity index (χ4v) is 6.39. The number of pyridine rings is 1. The number of carbonyl (C=O) groups is 1. The van der Waals surface area contributed by atoms with Gasteiger partial charge in [-0.25, -0.2) is 13.8 Å². The average Bonchev–Trinajstić information content (AvgIpc) is 3.62. The van der Waals surface area contributed by atoms with Crippen LogP contribution in [0.15, 0.2) is 30.5 Å². The first-order valence-electron chi connectivity index (χ1n) is 13.7. The lowest BCUT2D eigenvalue weighted by Crippen LogP contribution is -2.57. The second-order valence-electron chi connectivity index (χ2n) is 11.1. The Balaban J connectivity index is 1.000. The zero-order valence-electron chi connectivity index (χ0n) is 21.3. The van der Waals surface area contributed by atoms with Crippen molar-refractivity contribution < 1.29 is 22.7 Å². The number of piperidine rings is 1. The van der Waals surface area contributed by atoms with Gasteiger partial charge in [-0.1, -0.05) is 0 Å². The van der Waals surface area contributed by atoms with Crippen LogP contribution in [0.3, 0.4) is 0 Å². The highest BCUT2D eigenvalue weighted by molar-refractivity contribution is 5.78. The van der Waals surface area contributed by atoms with Gasteiger partial charge >= 0.3 is 0 Å². The van der Waals surface area contributed by atoms with E-state index in [1.807, 2.05) is 4.90 Å². The second kappa shape index (κ2) is 10.8. The fraction of sp³-hybridized carbons (Fsp3) is 0.571. The van der Waals surface area contributed by atoms with Gasteiger partial charge in [-0.15, -0.1) is 0 Å². The lowest BCUT2D eigenvalue weighted by atomic mass is 10.0. The number of likely N-dealkylation sites (tertiary alicyclic amines) is 2. The van der Waals surface area contributed by atoms with Gasteiger partial charge in [-0.2, -0.15) is 4.39 Å². The molecule has 2 aromatic rings. The van der Waals surface area contributed by atoms with E-state index < -0.39 is 17.6 Å². The molecule has 0 spiro atoms. The number of halogens is 3. The first-order chi connectivity index (χ1) is 18.4. The van der Waals surface area contributed by atoms with Crippen LogP contribution in [0.25, 0.3) is 0 Å². The molecule has 3 aliphatic heterocycles. The number of fused-ring (bicyclic) bond motifs is 2. The topological polar surface area (TPSA) is 69.7 Å². The molecule has 4 heterocycles. The Labute approximate surface area is 220 Å². The first-order valence-corrected chi connectivity index (χ1v) is 13.7. The summed E-state index contributed by atoms with van der Waals surface area (Å²) < 4.78 is 48.2. The standard InChI is InChI=1S/C28H34F3N5O2/c29-18-10-23(27(24(30)11-18)38-16-17-2-1-7-32-28(17)31)22-12-25(22)33-13-26(37)35-8-5-21(6-9-35)36-14-19-3-4-20(15-36)34-19/h1-2,7,10-11,19-22,25,33-34H,3-6,8-9,12-16H2. The van der Waals surface area contributed by atoms with Crippen molar-refractivity contribution in [1.82, 2.24) is 25.4 Å². The highest BCUT2D eigenvalue weighted by Gasteiger charge is 2.42. The summed E-state index contributed by atoms with van der Waals surface area (Å²) in [6.07, 6.45) is 6.50. The molecule has 2 bridgehead atoms. The number of amides is 1. The molecule has 1 saturated carbocycles. The molecule has 4 fully saturated rings. The Kier molecular flexibility index (Phi) is 7.29. The van der Waals surface area contributed by atoms with Crippen molar-refractivity contribution in [3.05, 3.63) is 59.2 Å². The van der Waals surface area contributed by atoms with Crippen LogP contribution in [0.5, 0.6) is 5.75 Å². The predicted molar refractivity (Wildman–Crippen MR) is 135 cm³/mol. The molecule has 4 atom stereocenters. The van der Waals surface area contributed by atoms with Gasteiger partial charge in [-0.05, 0) is 50.3 Å². The quantitative estimate of drug-likeness (QED) is 0.513. The van der Waals surface area contributed by atoms with Crippen molar-refractivity contribution in [2.45, 2.75) is 68.8 Å². The van der Waals surface area contributed by atoms with E-state index in [4.69, 9.17) is 4.74 Å². The van der Waals surface area contributed by atoms with E-state index in [0.717, 1.165) is 45.1 Å². The summed E-state index contributed by atoms with van der Waals surface area (Å²) in [4.78, 5) is 21.0. The van der Waals surface area contributed by atoms with E-state index in [1.165, 1.54) is 31.2 Å². The summed E-state index contributed by atoms with van der Waals surface area (Å²) in [5.41, 5.74) is 0.578. The van der Waals surface area contributed by atoms with Crippen molar-refractivity contribution in [2.24, 2.45) is 0 Å². The van der Waals surface area contributed by atoms with Crippen molar-refractivity contribution >= 4 is 5.91 Å². The van der Waals surface area contributed by atoms with Gasteiger partial charge in [0.1, 0.15) is 12.4 Å². The SMILES string of the molecule is O=C(CNC1CC1c1cc(F)cc(F)c1OCc1cccnc1F)N1CCC(N2CC3CCC(C2)N3)CC1. The summed E-state index contributed by atoms with van der Waals surface area (Å²) in [5.74, 6) is -2.42. The third-order valence-electron chi connectivity index (χ3n) is 8.53. The number of benzene rings is 1. The maximum Gasteiger partial charge on any atom is 0.236 e. The van der Waals surface area contributed by atoms with Crippen LogP contribution < -0.4 is 15.4 Å². The molecule has 1 aromatic carbocycles. The Morgan fingerprint density at radius 1 is 1.11 bits per heavy atom. The zero-order chi connectivity index (χ0) is 26.2. The van der Waals surface area contributed by atoms with Crippen LogP contribution in [0.1, 0.15) is 49.1 Å². The number of carbonyl (C=O) groups excluding carboxylic acids is 1. The minimum Gasteiger partial charge on any atom is -0.485 e. The Bertz CT molecular complexity index is 1160. The number of ether oxygens (including phenoxy) is 1. The Morgan fingerprint density at radius 2 is 1.87 bits per heavy atom. The van der Waals surface area contributed by atoms with Crippen LogP contribution >= 0.6 is 0 Å². The molecule has 38 heavy (non-hydrogen) atoms. The van der Waals surface area contributed by atoms with Crippen molar-refractivity contribution in [3.8, 4) is 5.75 Å². The van der Waals surface area contributed by atoms with Crippen LogP contribution in [0.4, 0.5) is 13.2 Å². The van der Waals surface area contributed by atoms with Gasteiger partial charge < -0.3 is 20.3 Å². The smallest absolute Gasteiger partial charge is 0.236 e. The molecule has 4 unspecified atom stereocenters. The molecule has 7 nitrogen and oxygen atoms in total. The van der Waals surface area contributed by atoms with Crippen LogP contribution in [0.2, 0.25) is 0 Å². The third-order valence-corrected chi connectivity index (χ3v) is 8.53. The number of hydrogen-bond donors (Lipinski definition) is 2. The summed E-state index contributed by atoms with van der Waals surface area (Å²) in [6, 6.07) is 6.82. The summed E-state index contributed by atoms with van der Waals surface area (Å²) >= 11 is 0. The Morgan fingerprint density at radius 3 is 2.61 bits per heavy atom. The summed E-state index contributed by atoms with van der Waals surface area (Å²) in [7, 11) is 0. The lowest BCUT2D eigenvalue weighted by molar-refractivity contribution is -0.131. The number of nitrogens with one attached hydrogen (secondary N) is 2. The van der Waals surface area contributed by atoms with E-state index in [1.54, 1.807) is 6.07 Å². The number of piperazine rings is 1. The maximum absolute atomic E-state index is 14.6. The van der Waals surface area contributed by atoms with Crippen LogP contribution in [-0.4, -0.2) is 77.6 Å². The molecule has 4 aliphatic rings. The molecule has 3 saturated heterocycles. The molecule has 2 N–H and O–H groups in total. The normalized spacial score (nSPS) is 27.5. The van der Waals surface area contributed by atoms with Gasteiger partial charge in [-0.3, -0.25) is 9.69 Å². The molecule has 0 radical (unpaired) electrons. The van der Waals surface area contributed by atoms with Gasteiger partial charge in [0.15, 0.2) is 11.6 Å². The maximum atomic E-state index is 14.6. The number of nitrogens with zero attached hydrogens (tertiary/aromatic N) is 3. The Hall–Kier alpha value is -2.69. The van der Waals surface area contributed by atoms with Gasteiger partial charge in [0.05, 0.1) is 6.54 Å². The lowest BCUT2D eigenvalue weighted by Gasteiger charge is -2.42. The van der Waals surface area contributed by atoms with Crippen LogP contribution in [0, 0.1) is 17.6 Å². The largest absolute Gasteiger partial charge is 0.485 e. The third kappa shape index (κ3) is 5.53. The van der Waals surface area contributed by atoms with E-state index in [2.05, 4.69) is 20.5 Å². The first kappa shape index (κ1) is 25.6. The van der Waals surface area contributed by atoms with E-state index >= 15 is 0 Å².